The van der Waals surface area contributed by atoms with Crippen molar-refractivity contribution >= 4 is 29.0 Å². The van der Waals surface area contributed by atoms with Crippen LogP contribution in [0.25, 0.3) is 0 Å². The molecule has 27 heavy (non-hydrogen) atoms. The second kappa shape index (κ2) is 9.37. The number of amides is 3. The summed E-state index contributed by atoms with van der Waals surface area (Å²) in [6.07, 6.45) is 3.16. The molecular weight excluding hydrogens is 358 g/mol. The number of rotatable bonds is 6. The van der Waals surface area contributed by atoms with Gasteiger partial charge in [-0.2, -0.15) is 0 Å². The van der Waals surface area contributed by atoms with Crippen LogP contribution in [0.4, 0.5) is 10.5 Å². The van der Waals surface area contributed by atoms with E-state index in [-0.39, 0.29) is 17.9 Å². The third kappa shape index (κ3) is 5.20. The first-order chi connectivity index (χ1) is 13.2. The van der Waals surface area contributed by atoms with E-state index in [9.17, 15) is 9.59 Å². The lowest BCUT2D eigenvalue weighted by atomic mass is 9.95. The highest BCUT2D eigenvalue weighted by molar-refractivity contribution is 7.09. The van der Waals surface area contributed by atoms with Gasteiger partial charge < -0.3 is 15.1 Å². The van der Waals surface area contributed by atoms with Crippen LogP contribution in [0.1, 0.15) is 17.7 Å². The van der Waals surface area contributed by atoms with E-state index in [1.165, 1.54) is 4.88 Å². The number of thiophene rings is 1. The number of urea groups is 1. The van der Waals surface area contributed by atoms with Gasteiger partial charge in [0.15, 0.2) is 0 Å². The van der Waals surface area contributed by atoms with Crippen molar-refractivity contribution in [1.29, 1.82) is 0 Å². The van der Waals surface area contributed by atoms with E-state index < -0.39 is 0 Å². The molecule has 1 aliphatic heterocycles. The van der Waals surface area contributed by atoms with Crippen LogP contribution in [0, 0.1) is 5.92 Å². The largest absolute Gasteiger partial charge is 0.334 e. The number of likely N-dealkylation sites (tertiary alicyclic amines) is 1. The summed E-state index contributed by atoms with van der Waals surface area (Å²) < 4.78 is 0. The van der Waals surface area contributed by atoms with Crippen LogP contribution in [0.15, 0.2) is 60.5 Å². The lowest BCUT2D eigenvalue weighted by molar-refractivity contribution is -0.136. The SMILES string of the molecule is C=CCN(Cc1cccs1)C(=O)C1CCN(C(=O)Nc2ccccc2)CC1. The molecular formula is C21H25N3O2S. The number of piperidine rings is 1. The normalized spacial score (nSPS) is 14.6. The predicted molar refractivity (Wildman–Crippen MR) is 110 cm³/mol. The average Bonchev–Trinajstić information content (AvgIpc) is 3.21. The highest BCUT2D eigenvalue weighted by atomic mass is 32.1. The summed E-state index contributed by atoms with van der Waals surface area (Å²) in [4.78, 5) is 30.2. The molecule has 0 unspecified atom stereocenters. The van der Waals surface area contributed by atoms with Crippen molar-refractivity contribution in [1.82, 2.24) is 9.80 Å². The van der Waals surface area contributed by atoms with E-state index in [1.54, 1.807) is 22.3 Å². The average molecular weight is 384 g/mol. The van der Waals surface area contributed by atoms with Gasteiger partial charge in [0.1, 0.15) is 0 Å². The van der Waals surface area contributed by atoms with Crippen LogP contribution in [0.5, 0.6) is 0 Å². The lowest BCUT2D eigenvalue weighted by Gasteiger charge is -2.34. The number of hydrogen-bond acceptors (Lipinski definition) is 3. The van der Waals surface area contributed by atoms with Crippen LogP contribution in [-0.2, 0) is 11.3 Å². The van der Waals surface area contributed by atoms with Crippen LogP contribution < -0.4 is 5.32 Å². The van der Waals surface area contributed by atoms with Gasteiger partial charge in [-0.15, -0.1) is 17.9 Å². The number of nitrogens with zero attached hydrogens (tertiary/aromatic N) is 2. The fourth-order valence-corrected chi connectivity index (χ4v) is 4.01. The van der Waals surface area contributed by atoms with Gasteiger partial charge in [-0.3, -0.25) is 4.79 Å². The van der Waals surface area contributed by atoms with Gasteiger partial charge in [-0.25, -0.2) is 4.79 Å². The van der Waals surface area contributed by atoms with Gasteiger partial charge in [0.2, 0.25) is 5.91 Å². The van der Waals surface area contributed by atoms with Gasteiger partial charge in [0.25, 0.3) is 0 Å². The molecule has 0 radical (unpaired) electrons. The number of carbonyl (C=O) groups excluding carboxylic acids is 2. The first kappa shape index (κ1) is 19.2. The minimum Gasteiger partial charge on any atom is -0.334 e. The monoisotopic (exact) mass is 383 g/mol. The fourth-order valence-electron chi connectivity index (χ4n) is 3.29. The van der Waals surface area contributed by atoms with Gasteiger partial charge in [0.05, 0.1) is 6.54 Å². The smallest absolute Gasteiger partial charge is 0.321 e. The molecule has 1 aromatic carbocycles. The molecule has 0 atom stereocenters. The van der Waals surface area contributed by atoms with Gasteiger partial charge in [-0.05, 0) is 36.4 Å². The minimum absolute atomic E-state index is 0.0364. The molecule has 0 saturated carbocycles. The zero-order chi connectivity index (χ0) is 19.1. The Hall–Kier alpha value is -2.60. The fraction of sp³-hybridized carbons (Fsp3) is 0.333. The molecule has 5 nitrogen and oxygen atoms in total. The van der Waals surface area contributed by atoms with Crippen molar-refractivity contribution in [3.05, 3.63) is 65.4 Å². The number of nitrogens with one attached hydrogen (secondary N) is 1. The molecule has 1 fully saturated rings. The second-order valence-electron chi connectivity index (χ2n) is 6.64. The molecule has 0 bridgehead atoms. The third-order valence-electron chi connectivity index (χ3n) is 4.74. The summed E-state index contributed by atoms with van der Waals surface area (Å²) in [7, 11) is 0. The second-order valence-corrected chi connectivity index (χ2v) is 7.68. The Balaban J connectivity index is 1.53. The Morgan fingerprint density at radius 1 is 1.19 bits per heavy atom. The Morgan fingerprint density at radius 3 is 2.56 bits per heavy atom. The molecule has 1 aromatic heterocycles. The van der Waals surface area contributed by atoms with Gasteiger partial charge in [-0.1, -0.05) is 30.3 Å². The Labute approximate surface area is 164 Å². The summed E-state index contributed by atoms with van der Waals surface area (Å²) >= 11 is 1.66. The van der Waals surface area contributed by atoms with E-state index in [0.29, 0.717) is 39.0 Å². The maximum atomic E-state index is 12.9. The summed E-state index contributed by atoms with van der Waals surface area (Å²) in [5.41, 5.74) is 0.786. The molecule has 2 heterocycles. The van der Waals surface area contributed by atoms with Crippen LogP contribution >= 0.6 is 11.3 Å². The minimum atomic E-state index is -0.103. The third-order valence-corrected chi connectivity index (χ3v) is 5.61. The van der Waals surface area contributed by atoms with E-state index in [2.05, 4.69) is 11.9 Å². The summed E-state index contributed by atoms with van der Waals surface area (Å²) in [6, 6.07) is 13.4. The maximum Gasteiger partial charge on any atom is 0.321 e. The van der Waals surface area contributed by atoms with Gasteiger partial charge >= 0.3 is 6.03 Å². The number of para-hydroxylation sites is 1. The predicted octanol–water partition coefficient (Wildman–Crippen LogP) is 4.21. The van der Waals surface area contributed by atoms with E-state index >= 15 is 0 Å². The van der Waals surface area contributed by atoms with Crippen LogP contribution in [0.2, 0.25) is 0 Å². The molecule has 3 amide bonds. The maximum absolute atomic E-state index is 12.9. The standard InChI is InChI=1S/C21H25N3O2S/c1-2-12-24(16-19-9-6-15-27-19)20(25)17-10-13-23(14-11-17)21(26)22-18-7-4-3-5-8-18/h2-9,15,17H,1,10-14,16H2,(H,22,26). The van der Waals surface area contributed by atoms with Crippen LogP contribution in [0.3, 0.4) is 0 Å². The first-order valence-electron chi connectivity index (χ1n) is 9.20. The number of carbonyl (C=O) groups is 2. The first-order valence-corrected chi connectivity index (χ1v) is 10.1. The zero-order valence-corrected chi connectivity index (χ0v) is 16.2. The quantitative estimate of drug-likeness (QED) is 0.760. The topological polar surface area (TPSA) is 52.7 Å². The summed E-state index contributed by atoms with van der Waals surface area (Å²) in [5.74, 6) is 0.122. The molecule has 0 aliphatic carbocycles. The van der Waals surface area contributed by atoms with Crippen molar-refractivity contribution in [2.45, 2.75) is 19.4 Å². The van der Waals surface area contributed by atoms with Crippen LogP contribution in [-0.4, -0.2) is 41.4 Å². The molecule has 3 rings (SSSR count). The molecule has 142 valence electrons. The molecule has 0 spiro atoms. The molecule has 1 aliphatic rings. The van der Waals surface area contributed by atoms with Crippen molar-refractivity contribution < 1.29 is 9.59 Å². The highest BCUT2D eigenvalue weighted by Gasteiger charge is 2.30. The highest BCUT2D eigenvalue weighted by Crippen LogP contribution is 2.22. The van der Waals surface area contributed by atoms with E-state index in [0.717, 1.165) is 5.69 Å². The van der Waals surface area contributed by atoms with E-state index in [4.69, 9.17) is 0 Å². The summed E-state index contributed by atoms with van der Waals surface area (Å²) in [5, 5.41) is 4.93. The van der Waals surface area contributed by atoms with Crippen molar-refractivity contribution in [2.75, 3.05) is 25.0 Å². The lowest BCUT2D eigenvalue weighted by Crippen LogP contribution is -2.45. The Bertz CT molecular complexity index is 753. The molecule has 6 heteroatoms. The van der Waals surface area contributed by atoms with Crippen molar-refractivity contribution in [3.63, 3.8) is 0 Å². The number of hydrogen-bond donors (Lipinski definition) is 1. The van der Waals surface area contributed by atoms with Crippen molar-refractivity contribution in [3.8, 4) is 0 Å². The molecule has 1 saturated heterocycles. The number of anilines is 1. The Kier molecular flexibility index (Phi) is 6.65. The zero-order valence-electron chi connectivity index (χ0n) is 15.3. The van der Waals surface area contributed by atoms with Gasteiger partial charge in [0, 0.05) is 36.1 Å². The molecule has 1 N–H and O–H groups in total. The van der Waals surface area contributed by atoms with Crippen molar-refractivity contribution in [2.24, 2.45) is 5.92 Å². The Morgan fingerprint density at radius 2 is 1.93 bits per heavy atom. The van der Waals surface area contributed by atoms with E-state index in [1.807, 2.05) is 52.7 Å². The molecule has 2 aromatic rings. The summed E-state index contributed by atoms with van der Waals surface area (Å²) in [6.45, 7) is 6.14. The number of benzene rings is 1.